The summed E-state index contributed by atoms with van der Waals surface area (Å²) in [6.07, 6.45) is 0. The van der Waals surface area contributed by atoms with Crippen LogP contribution < -0.4 is 19.7 Å². The third-order valence-electron chi connectivity index (χ3n) is 3.56. The number of hydrogen-bond acceptors (Lipinski definition) is 4. The second-order valence-electron chi connectivity index (χ2n) is 5.32. The number of carbonyl (C=O) groups is 2. The molecule has 6 nitrogen and oxygen atoms in total. The van der Waals surface area contributed by atoms with Crippen LogP contribution in [0.15, 0.2) is 36.4 Å². The number of benzene rings is 2. The number of nitrogens with one attached hydrogen (secondary N) is 1. The van der Waals surface area contributed by atoms with Crippen LogP contribution in [0.2, 0.25) is 0 Å². The van der Waals surface area contributed by atoms with E-state index in [1.165, 1.54) is 32.1 Å². The molecule has 0 aromatic heterocycles. The van der Waals surface area contributed by atoms with Gasteiger partial charge in [-0.05, 0) is 24.3 Å². The van der Waals surface area contributed by atoms with Crippen LogP contribution in [0.1, 0.15) is 6.92 Å². The molecular weight excluding hydrogens is 346 g/mol. The molecule has 0 aliphatic carbocycles. The number of anilines is 2. The third-order valence-corrected chi connectivity index (χ3v) is 3.56. The first-order chi connectivity index (χ1) is 12.3. The van der Waals surface area contributed by atoms with Gasteiger partial charge in [-0.25, -0.2) is 8.78 Å². The summed E-state index contributed by atoms with van der Waals surface area (Å²) >= 11 is 0. The van der Waals surface area contributed by atoms with Crippen molar-refractivity contribution >= 4 is 23.2 Å². The highest BCUT2D eigenvalue weighted by Gasteiger charge is 2.20. The van der Waals surface area contributed by atoms with Gasteiger partial charge in [0, 0.05) is 24.7 Å². The molecule has 26 heavy (non-hydrogen) atoms. The molecule has 0 fully saturated rings. The maximum absolute atomic E-state index is 13.2. The fourth-order valence-corrected chi connectivity index (χ4v) is 2.29. The number of hydrogen-bond donors (Lipinski definition) is 1. The van der Waals surface area contributed by atoms with Gasteiger partial charge in [-0.1, -0.05) is 0 Å². The van der Waals surface area contributed by atoms with Crippen LogP contribution >= 0.6 is 0 Å². The van der Waals surface area contributed by atoms with E-state index in [2.05, 4.69) is 5.32 Å². The molecule has 8 heteroatoms. The van der Waals surface area contributed by atoms with Crippen molar-refractivity contribution in [1.82, 2.24) is 0 Å². The van der Waals surface area contributed by atoms with E-state index in [1.807, 2.05) is 0 Å². The van der Waals surface area contributed by atoms with E-state index in [9.17, 15) is 18.4 Å². The second kappa shape index (κ2) is 8.28. The Bertz CT molecular complexity index is 827. The normalized spacial score (nSPS) is 10.2. The molecule has 0 saturated heterocycles. The zero-order valence-corrected chi connectivity index (χ0v) is 14.5. The summed E-state index contributed by atoms with van der Waals surface area (Å²) in [6, 6.07) is 7.81. The summed E-state index contributed by atoms with van der Waals surface area (Å²) in [5, 5.41) is 2.42. The summed E-state index contributed by atoms with van der Waals surface area (Å²) in [5.41, 5.74) is 0.426. The standard InChI is InChI=1S/C18H18F2N2O4/c1-11(23)22(16-9-13(25-2)5-7-17(16)26-3)10-18(24)21-12-4-6-14(19)15(20)8-12/h4-9H,10H2,1-3H3,(H,21,24). The molecule has 1 N–H and O–H groups in total. The van der Waals surface area contributed by atoms with E-state index in [0.717, 1.165) is 12.1 Å². The van der Waals surface area contributed by atoms with Gasteiger partial charge >= 0.3 is 0 Å². The van der Waals surface area contributed by atoms with Crippen LogP contribution in [-0.4, -0.2) is 32.6 Å². The number of ether oxygens (including phenoxy) is 2. The minimum absolute atomic E-state index is 0.0787. The molecule has 0 bridgehead atoms. The van der Waals surface area contributed by atoms with Crippen LogP contribution in [0.4, 0.5) is 20.2 Å². The molecule has 138 valence electrons. The molecule has 2 aromatic rings. The predicted molar refractivity (Wildman–Crippen MR) is 92.6 cm³/mol. The van der Waals surface area contributed by atoms with Crippen LogP contribution in [0, 0.1) is 11.6 Å². The van der Waals surface area contributed by atoms with Crippen molar-refractivity contribution in [3.05, 3.63) is 48.0 Å². The van der Waals surface area contributed by atoms with Crippen LogP contribution in [0.5, 0.6) is 11.5 Å². The number of nitrogens with zero attached hydrogens (tertiary/aromatic N) is 1. The highest BCUT2D eigenvalue weighted by atomic mass is 19.2. The van der Waals surface area contributed by atoms with Gasteiger partial charge in [-0.2, -0.15) is 0 Å². The van der Waals surface area contributed by atoms with Crippen molar-refractivity contribution in [3.8, 4) is 11.5 Å². The summed E-state index contributed by atoms with van der Waals surface area (Å²) in [4.78, 5) is 25.5. The molecule has 0 unspecified atom stereocenters. The summed E-state index contributed by atoms with van der Waals surface area (Å²) in [7, 11) is 2.91. The second-order valence-corrected chi connectivity index (χ2v) is 5.32. The molecule has 2 amide bonds. The fourth-order valence-electron chi connectivity index (χ4n) is 2.29. The maximum Gasteiger partial charge on any atom is 0.244 e. The van der Waals surface area contributed by atoms with Gasteiger partial charge < -0.3 is 14.8 Å². The Morgan fingerprint density at radius 1 is 1.04 bits per heavy atom. The van der Waals surface area contributed by atoms with E-state index in [4.69, 9.17) is 9.47 Å². The summed E-state index contributed by atoms with van der Waals surface area (Å²) < 4.78 is 36.6. The summed E-state index contributed by atoms with van der Waals surface area (Å²) in [6.45, 7) is 0.946. The van der Waals surface area contributed by atoms with Crippen molar-refractivity contribution in [3.63, 3.8) is 0 Å². The smallest absolute Gasteiger partial charge is 0.244 e. The average molecular weight is 364 g/mol. The lowest BCUT2D eigenvalue weighted by atomic mass is 10.2. The lowest BCUT2D eigenvalue weighted by Crippen LogP contribution is -2.37. The summed E-state index contributed by atoms with van der Waals surface area (Å²) in [5.74, 6) is -2.24. The molecule has 0 heterocycles. The largest absolute Gasteiger partial charge is 0.497 e. The van der Waals surface area contributed by atoms with Gasteiger partial charge in [-0.15, -0.1) is 0 Å². The molecule has 0 radical (unpaired) electrons. The van der Waals surface area contributed by atoms with E-state index in [1.54, 1.807) is 18.2 Å². The molecule has 0 saturated carbocycles. The minimum atomic E-state index is -1.08. The fraction of sp³-hybridized carbons (Fsp3) is 0.222. The number of methoxy groups -OCH3 is 2. The van der Waals surface area contributed by atoms with Crippen molar-refractivity contribution < 1.29 is 27.8 Å². The Kier molecular flexibility index (Phi) is 6.11. The predicted octanol–water partition coefficient (Wildman–Crippen LogP) is 2.97. The van der Waals surface area contributed by atoms with E-state index in [-0.39, 0.29) is 12.2 Å². The number of rotatable bonds is 6. The number of halogens is 2. The van der Waals surface area contributed by atoms with Crippen molar-refractivity contribution in [1.29, 1.82) is 0 Å². The van der Waals surface area contributed by atoms with Gasteiger partial charge in [0.05, 0.1) is 19.9 Å². The van der Waals surface area contributed by atoms with Gasteiger partial charge in [0.2, 0.25) is 11.8 Å². The molecule has 2 aromatic carbocycles. The zero-order valence-electron chi connectivity index (χ0n) is 14.5. The first-order valence-electron chi connectivity index (χ1n) is 7.60. The van der Waals surface area contributed by atoms with E-state index >= 15 is 0 Å². The van der Waals surface area contributed by atoms with Crippen molar-refractivity contribution in [2.75, 3.05) is 31.0 Å². The molecule has 2 rings (SSSR count). The van der Waals surface area contributed by atoms with Gasteiger partial charge in [0.15, 0.2) is 11.6 Å². The lowest BCUT2D eigenvalue weighted by Gasteiger charge is -2.23. The average Bonchev–Trinajstić information content (AvgIpc) is 2.62. The third kappa shape index (κ3) is 4.47. The van der Waals surface area contributed by atoms with Gasteiger partial charge in [-0.3, -0.25) is 14.5 Å². The minimum Gasteiger partial charge on any atom is -0.497 e. The van der Waals surface area contributed by atoms with Crippen LogP contribution in [0.3, 0.4) is 0 Å². The lowest BCUT2D eigenvalue weighted by molar-refractivity contribution is -0.120. The SMILES string of the molecule is COc1ccc(OC)c(N(CC(=O)Nc2ccc(F)c(F)c2)C(C)=O)c1. The van der Waals surface area contributed by atoms with Crippen molar-refractivity contribution in [2.24, 2.45) is 0 Å². The Morgan fingerprint density at radius 2 is 1.77 bits per heavy atom. The van der Waals surface area contributed by atoms with Gasteiger partial charge in [0.1, 0.15) is 18.0 Å². The molecule has 0 aliphatic heterocycles. The van der Waals surface area contributed by atoms with E-state index < -0.39 is 23.4 Å². The Hall–Kier alpha value is -3.16. The van der Waals surface area contributed by atoms with Gasteiger partial charge in [0.25, 0.3) is 0 Å². The zero-order chi connectivity index (χ0) is 19.3. The first kappa shape index (κ1) is 19.2. The Balaban J connectivity index is 2.24. The van der Waals surface area contributed by atoms with E-state index in [0.29, 0.717) is 17.2 Å². The molecular formula is C18H18F2N2O4. The van der Waals surface area contributed by atoms with Crippen LogP contribution in [0.25, 0.3) is 0 Å². The highest BCUT2D eigenvalue weighted by Crippen LogP contribution is 2.32. The quantitative estimate of drug-likeness (QED) is 0.856. The molecule has 0 aliphatic rings. The van der Waals surface area contributed by atoms with Crippen LogP contribution in [-0.2, 0) is 9.59 Å². The molecule has 0 spiro atoms. The molecule has 0 atom stereocenters. The van der Waals surface area contributed by atoms with Crippen molar-refractivity contribution in [2.45, 2.75) is 6.92 Å². The number of carbonyl (C=O) groups excluding carboxylic acids is 2. The topological polar surface area (TPSA) is 67.9 Å². The highest BCUT2D eigenvalue weighted by molar-refractivity contribution is 6.02. The Morgan fingerprint density at radius 3 is 2.35 bits per heavy atom. The Labute approximate surface area is 149 Å². The first-order valence-corrected chi connectivity index (χ1v) is 7.60. The number of amides is 2. The maximum atomic E-state index is 13.2. The monoisotopic (exact) mass is 364 g/mol.